The van der Waals surface area contributed by atoms with Crippen molar-refractivity contribution in [2.75, 3.05) is 12.0 Å². The molecule has 0 radical (unpaired) electrons. The Hall–Kier alpha value is -0.970. The van der Waals surface area contributed by atoms with Gasteiger partial charge in [-0.1, -0.05) is 30.3 Å². The van der Waals surface area contributed by atoms with Gasteiger partial charge in [-0.2, -0.15) is 11.3 Å². The van der Waals surface area contributed by atoms with Crippen molar-refractivity contribution in [1.29, 1.82) is 0 Å². The first kappa shape index (κ1) is 13.5. The molecule has 0 spiro atoms. The van der Waals surface area contributed by atoms with Crippen molar-refractivity contribution in [3.8, 4) is 0 Å². The maximum Gasteiger partial charge on any atom is 0.0439 e. The molecule has 18 heavy (non-hydrogen) atoms. The average Bonchev–Trinajstić information content (AvgIpc) is 2.88. The van der Waals surface area contributed by atoms with Crippen LogP contribution in [0.1, 0.15) is 17.2 Å². The van der Waals surface area contributed by atoms with Gasteiger partial charge in [-0.3, -0.25) is 4.21 Å². The number of rotatable bonds is 6. The lowest BCUT2D eigenvalue weighted by Gasteiger charge is -2.17. The summed E-state index contributed by atoms with van der Waals surface area (Å²) in [4.78, 5) is 0. The van der Waals surface area contributed by atoms with Crippen molar-refractivity contribution in [1.82, 2.24) is 5.32 Å². The molecule has 0 amide bonds. The Morgan fingerprint density at radius 1 is 1.28 bits per heavy atom. The summed E-state index contributed by atoms with van der Waals surface area (Å²) in [5, 5.41) is 7.70. The number of nitrogens with one attached hydrogen (secondary N) is 1. The van der Waals surface area contributed by atoms with Crippen LogP contribution in [0.4, 0.5) is 0 Å². The van der Waals surface area contributed by atoms with Crippen LogP contribution < -0.4 is 5.32 Å². The van der Waals surface area contributed by atoms with Gasteiger partial charge in [-0.25, -0.2) is 0 Å². The van der Waals surface area contributed by atoms with Crippen molar-refractivity contribution in [2.45, 2.75) is 12.6 Å². The molecule has 1 aromatic carbocycles. The molecule has 0 aliphatic rings. The quantitative estimate of drug-likeness (QED) is 0.881. The third kappa shape index (κ3) is 4.05. The van der Waals surface area contributed by atoms with E-state index < -0.39 is 10.8 Å². The van der Waals surface area contributed by atoms with E-state index in [1.165, 1.54) is 11.1 Å². The molecule has 1 heterocycles. The molecule has 2 nitrogen and oxygen atoms in total. The zero-order chi connectivity index (χ0) is 12.8. The molecule has 2 aromatic rings. The van der Waals surface area contributed by atoms with Gasteiger partial charge in [0.25, 0.3) is 0 Å². The molecule has 2 atom stereocenters. The van der Waals surface area contributed by atoms with Gasteiger partial charge < -0.3 is 5.32 Å². The van der Waals surface area contributed by atoms with Crippen LogP contribution in [0.5, 0.6) is 0 Å². The highest BCUT2D eigenvalue weighted by Crippen LogP contribution is 2.15. The van der Waals surface area contributed by atoms with Crippen LogP contribution in [0, 0.1) is 0 Å². The Morgan fingerprint density at radius 2 is 2.06 bits per heavy atom. The first-order chi connectivity index (χ1) is 8.75. The molecule has 1 N–H and O–H groups in total. The summed E-state index contributed by atoms with van der Waals surface area (Å²) < 4.78 is 11.5. The Morgan fingerprint density at radius 3 is 2.67 bits per heavy atom. The summed E-state index contributed by atoms with van der Waals surface area (Å²) in [6, 6.07) is 12.5. The Bertz CT molecular complexity index is 482. The Labute approximate surface area is 115 Å². The topological polar surface area (TPSA) is 29.1 Å². The lowest BCUT2D eigenvalue weighted by Crippen LogP contribution is -2.25. The summed E-state index contributed by atoms with van der Waals surface area (Å²) in [5.74, 6) is 0.647. The summed E-state index contributed by atoms with van der Waals surface area (Å²) >= 11 is 1.70. The van der Waals surface area contributed by atoms with Crippen molar-refractivity contribution in [3.63, 3.8) is 0 Å². The minimum Gasteiger partial charge on any atom is -0.305 e. The SMILES string of the molecule is C[S@@](=O)C[C@H](NCc1ccsc1)c1ccccc1. The first-order valence-electron chi connectivity index (χ1n) is 5.85. The van der Waals surface area contributed by atoms with E-state index in [0.29, 0.717) is 5.75 Å². The van der Waals surface area contributed by atoms with Gasteiger partial charge in [0.15, 0.2) is 0 Å². The van der Waals surface area contributed by atoms with Crippen molar-refractivity contribution < 1.29 is 4.21 Å². The maximum atomic E-state index is 11.5. The Kier molecular flexibility index (Phi) is 5.11. The minimum absolute atomic E-state index is 0.150. The second-order valence-electron chi connectivity index (χ2n) is 4.22. The fraction of sp³-hybridized carbons (Fsp3) is 0.286. The van der Waals surface area contributed by atoms with E-state index in [0.717, 1.165) is 6.54 Å². The number of thiophene rings is 1. The van der Waals surface area contributed by atoms with Gasteiger partial charge in [-0.15, -0.1) is 0 Å². The van der Waals surface area contributed by atoms with Gasteiger partial charge in [0.1, 0.15) is 0 Å². The smallest absolute Gasteiger partial charge is 0.0439 e. The van der Waals surface area contributed by atoms with Crippen LogP contribution in [0.2, 0.25) is 0 Å². The van der Waals surface area contributed by atoms with E-state index in [-0.39, 0.29) is 6.04 Å². The van der Waals surface area contributed by atoms with Gasteiger partial charge in [0, 0.05) is 35.4 Å². The van der Waals surface area contributed by atoms with Gasteiger partial charge in [-0.05, 0) is 28.0 Å². The average molecular weight is 279 g/mol. The van der Waals surface area contributed by atoms with Crippen molar-refractivity contribution >= 4 is 22.1 Å². The van der Waals surface area contributed by atoms with Crippen LogP contribution in [0.3, 0.4) is 0 Å². The molecular weight excluding hydrogens is 262 g/mol. The lowest BCUT2D eigenvalue weighted by atomic mass is 10.1. The molecule has 2 rings (SSSR count). The van der Waals surface area contributed by atoms with Gasteiger partial charge in [0.05, 0.1) is 0 Å². The standard InChI is InChI=1S/C14H17NOS2/c1-18(16)11-14(13-5-3-2-4-6-13)15-9-12-7-8-17-10-12/h2-8,10,14-15H,9,11H2,1H3/t14-,18+/m0/s1. The van der Waals surface area contributed by atoms with Crippen LogP contribution in [0.25, 0.3) is 0 Å². The Balaban J connectivity index is 2.03. The third-order valence-corrected chi connectivity index (χ3v) is 4.27. The minimum atomic E-state index is -0.804. The van der Waals surface area contributed by atoms with E-state index in [1.807, 2.05) is 18.2 Å². The van der Waals surface area contributed by atoms with Crippen LogP contribution >= 0.6 is 11.3 Å². The molecule has 0 saturated carbocycles. The molecule has 0 bridgehead atoms. The lowest BCUT2D eigenvalue weighted by molar-refractivity contribution is 0.575. The van der Waals surface area contributed by atoms with Crippen molar-refractivity contribution in [3.05, 3.63) is 58.3 Å². The van der Waals surface area contributed by atoms with Gasteiger partial charge in [0.2, 0.25) is 0 Å². The highest BCUT2D eigenvalue weighted by molar-refractivity contribution is 7.84. The van der Waals surface area contributed by atoms with E-state index in [9.17, 15) is 4.21 Å². The predicted molar refractivity (Wildman–Crippen MR) is 79.3 cm³/mol. The summed E-state index contributed by atoms with van der Waals surface area (Å²) in [6.07, 6.45) is 1.75. The monoisotopic (exact) mass is 279 g/mol. The molecule has 1 aromatic heterocycles. The zero-order valence-electron chi connectivity index (χ0n) is 10.3. The maximum absolute atomic E-state index is 11.5. The number of hydrogen-bond acceptors (Lipinski definition) is 3. The highest BCUT2D eigenvalue weighted by atomic mass is 32.2. The highest BCUT2D eigenvalue weighted by Gasteiger charge is 2.12. The fourth-order valence-electron chi connectivity index (χ4n) is 1.83. The molecular formula is C14H17NOS2. The third-order valence-electron chi connectivity index (χ3n) is 2.74. The second kappa shape index (κ2) is 6.83. The van der Waals surface area contributed by atoms with E-state index >= 15 is 0 Å². The number of hydrogen-bond donors (Lipinski definition) is 1. The summed E-state index contributed by atoms with van der Waals surface area (Å²) in [6.45, 7) is 0.820. The second-order valence-corrected chi connectivity index (χ2v) is 6.48. The summed E-state index contributed by atoms with van der Waals surface area (Å²) in [7, 11) is -0.804. The normalized spacial score (nSPS) is 14.3. The first-order valence-corrected chi connectivity index (χ1v) is 8.52. The van der Waals surface area contributed by atoms with Crippen LogP contribution in [0.15, 0.2) is 47.2 Å². The molecule has 96 valence electrons. The van der Waals surface area contributed by atoms with E-state index in [4.69, 9.17) is 0 Å². The van der Waals surface area contributed by atoms with Gasteiger partial charge >= 0.3 is 0 Å². The van der Waals surface area contributed by atoms with Crippen LogP contribution in [-0.4, -0.2) is 16.2 Å². The molecule has 0 unspecified atom stereocenters. The van der Waals surface area contributed by atoms with E-state index in [2.05, 4.69) is 34.3 Å². The fourth-order valence-corrected chi connectivity index (χ4v) is 3.28. The molecule has 0 aliphatic heterocycles. The zero-order valence-corrected chi connectivity index (χ0v) is 12.0. The molecule has 4 heteroatoms. The number of benzene rings is 1. The summed E-state index contributed by atoms with van der Waals surface area (Å²) in [5.41, 5.74) is 2.48. The van der Waals surface area contributed by atoms with Crippen molar-refractivity contribution in [2.24, 2.45) is 0 Å². The van der Waals surface area contributed by atoms with E-state index in [1.54, 1.807) is 17.6 Å². The van der Waals surface area contributed by atoms with Crippen LogP contribution in [-0.2, 0) is 17.3 Å². The predicted octanol–water partition coefficient (Wildman–Crippen LogP) is 2.96. The largest absolute Gasteiger partial charge is 0.305 e. The molecule has 0 fully saturated rings. The molecule has 0 saturated heterocycles. The molecule has 0 aliphatic carbocycles.